The van der Waals surface area contributed by atoms with Gasteiger partial charge in [0.1, 0.15) is 4.83 Å². The number of rotatable bonds is 2. The van der Waals surface area contributed by atoms with Gasteiger partial charge < -0.3 is 14.7 Å². The number of carbonyl (C=O) groups excluding carboxylic acids is 1. The molecule has 1 N–H and O–H groups in total. The molecular weight excluding hydrogens is 310 g/mol. The number of thiazole rings is 1. The average Bonchev–Trinajstić information content (AvgIpc) is 3.18. The highest BCUT2D eigenvalue weighted by atomic mass is 32.1. The fourth-order valence-corrected chi connectivity index (χ4v) is 4.29. The minimum atomic E-state index is -0.281. The fraction of sp³-hybridized carbons (Fsp3) is 0.385. The Bertz CT molecular complexity index is 806. The lowest BCUT2D eigenvalue weighted by Gasteiger charge is -2.31. The van der Waals surface area contributed by atoms with Crippen LogP contribution in [0.25, 0.3) is 15.3 Å². The van der Waals surface area contributed by atoms with Gasteiger partial charge in [-0.1, -0.05) is 0 Å². The molecule has 110 valence electrons. The fourth-order valence-electron chi connectivity index (χ4n) is 2.52. The molecule has 0 aliphatic carbocycles. The van der Waals surface area contributed by atoms with E-state index in [1.54, 1.807) is 16.2 Å². The summed E-state index contributed by atoms with van der Waals surface area (Å²) in [5.74, 6) is -0.0104. The van der Waals surface area contributed by atoms with Gasteiger partial charge in [0.2, 0.25) is 0 Å². The van der Waals surface area contributed by atoms with Gasteiger partial charge in [0, 0.05) is 24.7 Å². The smallest absolute Gasteiger partial charge is 0.264 e. The van der Waals surface area contributed by atoms with Crippen molar-refractivity contribution >= 4 is 43.9 Å². The number of hydrogen-bond donors (Lipinski definition) is 1. The topological polar surface area (TPSA) is 67.1 Å². The van der Waals surface area contributed by atoms with Crippen molar-refractivity contribution in [3.63, 3.8) is 0 Å². The summed E-state index contributed by atoms with van der Waals surface area (Å²) in [4.78, 5) is 21.3. The molecule has 3 aromatic rings. The Morgan fingerprint density at radius 3 is 3.33 bits per heavy atom. The van der Waals surface area contributed by atoms with Crippen molar-refractivity contribution in [3.05, 3.63) is 22.5 Å². The third-order valence-corrected chi connectivity index (χ3v) is 5.34. The summed E-state index contributed by atoms with van der Waals surface area (Å²) < 4.78 is 7.38. The van der Waals surface area contributed by atoms with Gasteiger partial charge in [-0.2, -0.15) is 0 Å². The number of aromatic nitrogens is 2. The summed E-state index contributed by atoms with van der Waals surface area (Å²) in [7, 11) is 0. The number of ether oxygens (including phenoxy) is 1. The van der Waals surface area contributed by atoms with Crippen molar-refractivity contribution in [1.29, 1.82) is 0 Å². The van der Waals surface area contributed by atoms with Gasteiger partial charge in [0.25, 0.3) is 5.91 Å². The summed E-state index contributed by atoms with van der Waals surface area (Å²) in [6, 6.07) is 1.90. The Morgan fingerprint density at radius 1 is 1.57 bits per heavy atom. The molecule has 1 aliphatic heterocycles. The number of amides is 1. The second-order valence-electron chi connectivity index (χ2n) is 4.89. The molecular formula is C13H13N3O3S2. The molecule has 0 bridgehead atoms. The summed E-state index contributed by atoms with van der Waals surface area (Å²) in [6.07, 6.45) is 1.68. The summed E-state index contributed by atoms with van der Waals surface area (Å²) in [5, 5.41) is 11.1. The molecule has 0 radical (unpaired) electrons. The van der Waals surface area contributed by atoms with E-state index in [0.29, 0.717) is 24.6 Å². The number of aliphatic hydroxyl groups is 1. The van der Waals surface area contributed by atoms with E-state index in [-0.39, 0.29) is 18.6 Å². The second-order valence-corrected chi connectivity index (χ2v) is 6.80. The Morgan fingerprint density at radius 2 is 2.48 bits per heavy atom. The second kappa shape index (κ2) is 5.06. The van der Waals surface area contributed by atoms with E-state index in [0.717, 1.165) is 15.3 Å². The van der Waals surface area contributed by atoms with Crippen molar-refractivity contribution in [2.24, 2.45) is 0 Å². The van der Waals surface area contributed by atoms with Crippen molar-refractivity contribution in [3.8, 4) is 0 Å². The first-order chi connectivity index (χ1) is 10.3. The van der Waals surface area contributed by atoms with Crippen LogP contribution >= 0.6 is 22.7 Å². The van der Waals surface area contributed by atoms with Crippen LogP contribution in [0.3, 0.4) is 0 Å². The maximum Gasteiger partial charge on any atom is 0.264 e. The predicted molar refractivity (Wildman–Crippen MR) is 81.2 cm³/mol. The number of nitrogens with zero attached hydrogens (tertiary/aromatic N) is 3. The minimum absolute atomic E-state index is 0.0104. The number of aliphatic hydroxyl groups excluding tert-OH is 1. The molecule has 21 heavy (non-hydrogen) atoms. The van der Waals surface area contributed by atoms with Gasteiger partial charge in [-0.25, -0.2) is 4.98 Å². The van der Waals surface area contributed by atoms with Crippen LogP contribution in [0, 0.1) is 0 Å². The summed E-state index contributed by atoms with van der Waals surface area (Å²) in [6.45, 7) is 1.40. The number of fused-ring (bicyclic) bond motifs is 3. The van der Waals surface area contributed by atoms with Gasteiger partial charge in [-0.05, 0) is 6.07 Å². The average molecular weight is 323 g/mol. The molecule has 4 rings (SSSR count). The number of hydrogen-bond acceptors (Lipinski definition) is 6. The van der Waals surface area contributed by atoms with Crippen molar-refractivity contribution in [2.45, 2.75) is 6.10 Å². The number of carbonyl (C=O) groups is 1. The van der Waals surface area contributed by atoms with E-state index < -0.39 is 0 Å². The van der Waals surface area contributed by atoms with Crippen LogP contribution in [0.1, 0.15) is 9.67 Å². The van der Waals surface area contributed by atoms with Crippen LogP contribution in [0.5, 0.6) is 0 Å². The maximum absolute atomic E-state index is 12.6. The van der Waals surface area contributed by atoms with Crippen LogP contribution in [0.4, 0.5) is 0 Å². The molecule has 1 amide bonds. The van der Waals surface area contributed by atoms with E-state index in [9.17, 15) is 4.79 Å². The lowest BCUT2D eigenvalue weighted by Crippen LogP contribution is -2.46. The molecule has 1 aliphatic rings. The first-order valence-electron chi connectivity index (χ1n) is 6.63. The van der Waals surface area contributed by atoms with Crippen LogP contribution in [0.15, 0.2) is 17.6 Å². The van der Waals surface area contributed by atoms with Crippen molar-refractivity contribution in [1.82, 2.24) is 14.3 Å². The zero-order chi connectivity index (χ0) is 14.4. The zero-order valence-electron chi connectivity index (χ0n) is 11.1. The van der Waals surface area contributed by atoms with E-state index in [1.807, 2.05) is 22.0 Å². The van der Waals surface area contributed by atoms with Crippen molar-refractivity contribution in [2.75, 3.05) is 26.3 Å². The molecule has 0 aromatic carbocycles. The third-order valence-electron chi connectivity index (χ3n) is 3.58. The molecule has 1 fully saturated rings. The Balaban J connectivity index is 1.65. The van der Waals surface area contributed by atoms with E-state index >= 15 is 0 Å². The van der Waals surface area contributed by atoms with Gasteiger partial charge in [-0.3, -0.25) is 9.20 Å². The van der Waals surface area contributed by atoms with E-state index in [4.69, 9.17) is 9.84 Å². The Kier molecular flexibility index (Phi) is 3.18. The molecule has 1 saturated heterocycles. The Hall–Kier alpha value is -1.48. The van der Waals surface area contributed by atoms with Crippen LogP contribution in [0.2, 0.25) is 0 Å². The van der Waals surface area contributed by atoms with Gasteiger partial charge in [0.05, 0.1) is 29.7 Å². The number of morpholine rings is 1. The molecule has 3 aromatic heterocycles. The standard InChI is InChI=1S/C13H13N3O3S2/c17-7-8-6-15(1-3-19-8)12(18)10-5-9-11(21-10)14-13-16(9)2-4-20-13/h2,4-5,8,17H,1,3,6-7H2. The van der Waals surface area contributed by atoms with E-state index in [1.165, 1.54) is 11.3 Å². The van der Waals surface area contributed by atoms with Gasteiger partial charge in [-0.15, -0.1) is 22.7 Å². The van der Waals surface area contributed by atoms with Crippen molar-refractivity contribution < 1.29 is 14.6 Å². The Labute approximate surface area is 128 Å². The lowest BCUT2D eigenvalue weighted by molar-refractivity contribution is -0.0446. The highest BCUT2D eigenvalue weighted by Gasteiger charge is 2.26. The lowest BCUT2D eigenvalue weighted by atomic mass is 10.2. The maximum atomic E-state index is 12.6. The first kappa shape index (κ1) is 13.2. The van der Waals surface area contributed by atoms with Crippen LogP contribution in [-0.2, 0) is 4.74 Å². The molecule has 1 atom stereocenters. The van der Waals surface area contributed by atoms with Gasteiger partial charge in [0.15, 0.2) is 4.96 Å². The van der Waals surface area contributed by atoms with E-state index in [2.05, 4.69) is 4.98 Å². The summed E-state index contributed by atoms with van der Waals surface area (Å²) in [5.41, 5.74) is 0.978. The normalized spacial score (nSPS) is 19.7. The minimum Gasteiger partial charge on any atom is -0.394 e. The monoisotopic (exact) mass is 323 g/mol. The molecule has 1 unspecified atom stereocenters. The predicted octanol–water partition coefficient (Wildman–Crippen LogP) is 1.44. The number of imidazole rings is 1. The summed E-state index contributed by atoms with van der Waals surface area (Å²) >= 11 is 3.00. The highest BCUT2D eigenvalue weighted by Crippen LogP contribution is 2.29. The largest absolute Gasteiger partial charge is 0.394 e. The van der Waals surface area contributed by atoms with Crippen LogP contribution in [-0.4, -0.2) is 57.7 Å². The molecule has 0 saturated carbocycles. The third kappa shape index (κ3) is 2.15. The first-order valence-corrected chi connectivity index (χ1v) is 8.32. The SMILES string of the molecule is O=C(c1cc2c(nc3sccn32)s1)N1CCOC(CO)C1. The quantitative estimate of drug-likeness (QED) is 0.775. The molecule has 4 heterocycles. The highest BCUT2D eigenvalue weighted by molar-refractivity contribution is 7.21. The molecule has 8 heteroatoms. The van der Waals surface area contributed by atoms with Gasteiger partial charge >= 0.3 is 0 Å². The molecule has 6 nitrogen and oxygen atoms in total. The zero-order valence-corrected chi connectivity index (χ0v) is 12.7. The molecule has 0 spiro atoms. The van der Waals surface area contributed by atoms with Crippen LogP contribution < -0.4 is 0 Å². The number of thiophene rings is 1.